The molecule has 104 valence electrons. The minimum atomic E-state index is -0.496. The van der Waals surface area contributed by atoms with Crippen molar-refractivity contribution in [2.24, 2.45) is 5.92 Å². The van der Waals surface area contributed by atoms with Crippen LogP contribution in [0.1, 0.15) is 17.2 Å². The molecule has 0 aliphatic heterocycles. The standard InChI is InChI=1S/C18H20OS/c1-3-15(13-20-17-7-5-4-6-8-17)18(19)16-11-9-14(2)10-12-16/h3-12,15,18-19H,1,13H2,2H3. The van der Waals surface area contributed by atoms with E-state index in [0.29, 0.717) is 0 Å². The molecule has 0 heterocycles. The molecule has 1 nitrogen and oxygen atoms in total. The lowest BCUT2D eigenvalue weighted by atomic mass is 9.97. The van der Waals surface area contributed by atoms with Crippen molar-refractivity contribution in [3.05, 3.63) is 78.4 Å². The van der Waals surface area contributed by atoms with Crippen molar-refractivity contribution in [2.45, 2.75) is 17.9 Å². The Morgan fingerprint density at radius 1 is 1.10 bits per heavy atom. The van der Waals surface area contributed by atoms with Crippen molar-refractivity contribution in [2.75, 3.05) is 5.75 Å². The number of benzene rings is 2. The number of thioether (sulfide) groups is 1. The van der Waals surface area contributed by atoms with Gasteiger partial charge in [-0.3, -0.25) is 0 Å². The highest BCUT2D eigenvalue weighted by atomic mass is 32.2. The van der Waals surface area contributed by atoms with Gasteiger partial charge in [0.15, 0.2) is 0 Å². The van der Waals surface area contributed by atoms with Gasteiger partial charge in [0, 0.05) is 16.6 Å². The topological polar surface area (TPSA) is 20.2 Å². The molecule has 0 amide bonds. The summed E-state index contributed by atoms with van der Waals surface area (Å²) in [4.78, 5) is 1.22. The van der Waals surface area contributed by atoms with Crippen molar-refractivity contribution >= 4 is 11.8 Å². The maximum Gasteiger partial charge on any atom is 0.0860 e. The van der Waals surface area contributed by atoms with Crippen LogP contribution < -0.4 is 0 Å². The quantitative estimate of drug-likeness (QED) is 0.617. The van der Waals surface area contributed by atoms with Gasteiger partial charge in [-0.2, -0.15) is 0 Å². The zero-order chi connectivity index (χ0) is 14.4. The van der Waals surface area contributed by atoms with Crippen molar-refractivity contribution < 1.29 is 5.11 Å². The summed E-state index contributed by atoms with van der Waals surface area (Å²) in [5.74, 6) is 0.866. The van der Waals surface area contributed by atoms with Crippen LogP contribution in [0.5, 0.6) is 0 Å². The summed E-state index contributed by atoms with van der Waals surface area (Å²) in [6.45, 7) is 5.91. The predicted octanol–water partition coefficient (Wildman–Crippen LogP) is 4.62. The van der Waals surface area contributed by atoms with E-state index in [-0.39, 0.29) is 5.92 Å². The number of aliphatic hydroxyl groups is 1. The summed E-state index contributed by atoms with van der Waals surface area (Å²) in [7, 11) is 0. The van der Waals surface area contributed by atoms with Crippen LogP contribution in [0.3, 0.4) is 0 Å². The van der Waals surface area contributed by atoms with E-state index in [1.54, 1.807) is 11.8 Å². The van der Waals surface area contributed by atoms with Crippen LogP contribution in [0.15, 0.2) is 72.1 Å². The molecule has 0 bridgehead atoms. The smallest absolute Gasteiger partial charge is 0.0860 e. The Labute approximate surface area is 125 Å². The largest absolute Gasteiger partial charge is 0.388 e. The van der Waals surface area contributed by atoms with Crippen molar-refractivity contribution in [1.29, 1.82) is 0 Å². The second-order valence-corrected chi connectivity index (χ2v) is 5.97. The fraction of sp³-hybridized carbons (Fsp3) is 0.222. The molecule has 0 aromatic heterocycles. The highest BCUT2D eigenvalue weighted by molar-refractivity contribution is 7.99. The lowest BCUT2D eigenvalue weighted by molar-refractivity contribution is 0.142. The van der Waals surface area contributed by atoms with Crippen LogP contribution in [0.25, 0.3) is 0 Å². The monoisotopic (exact) mass is 284 g/mol. The number of rotatable bonds is 6. The van der Waals surface area contributed by atoms with Gasteiger partial charge < -0.3 is 5.11 Å². The van der Waals surface area contributed by atoms with E-state index in [9.17, 15) is 5.11 Å². The first-order valence-corrected chi connectivity index (χ1v) is 7.74. The predicted molar refractivity (Wildman–Crippen MR) is 87.0 cm³/mol. The van der Waals surface area contributed by atoms with Crippen molar-refractivity contribution in [3.8, 4) is 0 Å². The van der Waals surface area contributed by atoms with Gasteiger partial charge in [0.05, 0.1) is 6.10 Å². The fourth-order valence-electron chi connectivity index (χ4n) is 2.01. The first kappa shape index (κ1) is 14.9. The van der Waals surface area contributed by atoms with Crippen LogP contribution in [-0.2, 0) is 0 Å². The molecule has 0 aliphatic carbocycles. The van der Waals surface area contributed by atoms with E-state index in [2.05, 4.69) is 18.7 Å². The van der Waals surface area contributed by atoms with Crippen LogP contribution in [0, 0.1) is 12.8 Å². The molecule has 0 fully saturated rings. The Balaban J connectivity index is 2.00. The van der Waals surface area contributed by atoms with Crippen LogP contribution in [-0.4, -0.2) is 10.9 Å². The van der Waals surface area contributed by atoms with Gasteiger partial charge in [0.25, 0.3) is 0 Å². The molecule has 2 aromatic rings. The molecule has 0 saturated carbocycles. The highest BCUT2D eigenvalue weighted by Crippen LogP contribution is 2.29. The molecule has 1 N–H and O–H groups in total. The maximum atomic E-state index is 10.5. The van der Waals surface area contributed by atoms with Crippen LogP contribution in [0.4, 0.5) is 0 Å². The third kappa shape index (κ3) is 3.99. The average Bonchev–Trinajstić information content (AvgIpc) is 2.49. The van der Waals surface area contributed by atoms with Gasteiger partial charge in [-0.15, -0.1) is 18.3 Å². The first-order valence-electron chi connectivity index (χ1n) is 6.75. The molecule has 0 saturated heterocycles. The fourth-order valence-corrected chi connectivity index (χ4v) is 3.06. The molecule has 0 radical (unpaired) electrons. The molecule has 2 atom stereocenters. The molecule has 20 heavy (non-hydrogen) atoms. The summed E-state index contributed by atoms with van der Waals surface area (Å²) >= 11 is 1.75. The van der Waals surface area contributed by atoms with Crippen molar-refractivity contribution in [1.82, 2.24) is 0 Å². The Bertz CT molecular complexity index is 533. The Morgan fingerprint density at radius 2 is 1.75 bits per heavy atom. The normalized spacial score (nSPS) is 13.7. The zero-order valence-electron chi connectivity index (χ0n) is 11.7. The summed E-state index contributed by atoms with van der Waals surface area (Å²) in [6.07, 6.45) is 1.35. The maximum absolute atomic E-state index is 10.5. The lowest BCUT2D eigenvalue weighted by Crippen LogP contribution is -2.12. The number of hydrogen-bond donors (Lipinski definition) is 1. The number of aliphatic hydroxyl groups excluding tert-OH is 1. The summed E-state index contributed by atoms with van der Waals surface area (Å²) in [6, 6.07) is 18.3. The Hall–Kier alpha value is -1.51. The van der Waals surface area contributed by atoms with E-state index >= 15 is 0 Å². The highest BCUT2D eigenvalue weighted by Gasteiger charge is 2.18. The third-order valence-electron chi connectivity index (χ3n) is 3.31. The lowest BCUT2D eigenvalue weighted by Gasteiger charge is -2.20. The van der Waals surface area contributed by atoms with Gasteiger partial charge in [-0.1, -0.05) is 54.1 Å². The van der Waals surface area contributed by atoms with Gasteiger partial charge in [-0.25, -0.2) is 0 Å². The average molecular weight is 284 g/mol. The van der Waals surface area contributed by atoms with Gasteiger partial charge in [-0.05, 0) is 24.6 Å². The Morgan fingerprint density at radius 3 is 2.35 bits per heavy atom. The second kappa shape index (κ2) is 7.32. The van der Waals surface area contributed by atoms with E-state index in [1.807, 2.05) is 55.5 Å². The minimum absolute atomic E-state index is 0.0444. The van der Waals surface area contributed by atoms with E-state index in [0.717, 1.165) is 11.3 Å². The van der Waals surface area contributed by atoms with Crippen molar-refractivity contribution in [3.63, 3.8) is 0 Å². The van der Waals surface area contributed by atoms with Crippen LogP contribution >= 0.6 is 11.8 Å². The molecular formula is C18H20OS. The number of hydrogen-bond acceptors (Lipinski definition) is 2. The molecule has 2 unspecified atom stereocenters. The van der Waals surface area contributed by atoms with Crippen LogP contribution in [0.2, 0.25) is 0 Å². The first-order chi connectivity index (χ1) is 9.70. The molecular weight excluding hydrogens is 264 g/mol. The third-order valence-corrected chi connectivity index (χ3v) is 4.47. The van der Waals surface area contributed by atoms with Gasteiger partial charge in [0.2, 0.25) is 0 Å². The molecule has 0 spiro atoms. The SMILES string of the molecule is C=CC(CSc1ccccc1)C(O)c1ccc(C)cc1. The zero-order valence-corrected chi connectivity index (χ0v) is 12.5. The molecule has 2 heteroatoms. The molecule has 2 aromatic carbocycles. The Kier molecular flexibility index (Phi) is 5.45. The summed E-state index contributed by atoms with van der Waals surface area (Å²) in [5, 5.41) is 10.5. The summed E-state index contributed by atoms with van der Waals surface area (Å²) < 4.78 is 0. The molecule has 2 rings (SSSR count). The van der Waals surface area contributed by atoms with E-state index < -0.39 is 6.10 Å². The van der Waals surface area contributed by atoms with E-state index in [1.165, 1.54) is 10.5 Å². The van der Waals surface area contributed by atoms with Gasteiger partial charge >= 0.3 is 0 Å². The summed E-state index contributed by atoms with van der Waals surface area (Å²) in [5.41, 5.74) is 2.16. The second-order valence-electron chi connectivity index (χ2n) is 4.88. The van der Waals surface area contributed by atoms with E-state index in [4.69, 9.17) is 0 Å². The van der Waals surface area contributed by atoms with Gasteiger partial charge in [0.1, 0.15) is 0 Å². The number of aryl methyl sites for hydroxylation is 1. The minimum Gasteiger partial charge on any atom is -0.388 e. The molecule has 0 aliphatic rings.